The lowest BCUT2D eigenvalue weighted by Gasteiger charge is -2.36. The van der Waals surface area contributed by atoms with Crippen LogP contribution in [0.5, 0.6) is 0 Å². The number of amides is 2. The fraction of sp³-hybridized carbons (Fsp3) is 0.619. The van der Waals surface area contributed by atoms with Gasteiger partial charge in [0.1, 0.15) is 11.9 Å². The second-order valence-electron chi connectivity index (χ2n) is 7.73. The van der Waals surface area contributed by atoms with Crippen molar-refractivity contribution in [3.05, 3.63) is 22.4 Å². The summed E-state index contributed by atoms with van der Waals surface area (Å²) in [6.45, 7) is 7.92. The Morgan fingerprint density at radius 3 is 2.43 bits per heavy atom. The zero-order chi connectivity index (χ0) is 20.3. The van der Waals surface area contributed by atoms with Crippen molar-refractivity contribution in [3.8, 4) is 6.07 Å². The van der Waals surface area contributed by atoms with Crippen molar-refractivity contribution < 1.29 is 9.59 Å². The Morgan fingerprint density at radius 2 is 1.82 bits per heavy atom. The van der Waals surface area contributed by atoms with E-state index in [9.17, 15) is 14.9 Å². The van der Waals surface area contributed by atoms with Gasteiger partial charge < -0.3 is 15.1 Å². The van der Waals surface area contributed by atoms with Crippen molar-refractivity contribution in [1.29, 1.82) is 5.26 Å². The number of aromatic nitrogens is 1. The van der Waals surface area contributed by atoms with Gasteiger partial charge in [-0.15, -0.1) is 0 Å². The highest BCUT2D eigenvalue weighted by Gasteiger charge is 2.29. The third-order valence-electron chi connectivity index (χ3n) is 5.87. The first-order valence-corrected chi connectivity index (χ1v) is 10.2. The Bertz CT molecular complexity index is 806. The number of hydrogen-bond acceptors (Lipinski definition) is 5. The minimum absolute atomic E-state index is 0.0152. The van der Waals surface area contributed by atoms with E-state index in [4.69, 9.17) is 4.98 Å². The number of carbonyl (C=O) groups is 2. The summed E-state index contributed by atoms with van der Waals surface area (Å²) in [5.41, 5.74) is 4.09. The maximum absolute atomic E-state index is 12.4. The molecule has 0 saturated carbocycles. The standard InChI is InChI=1S/C21H29N5O2/c1-4-14(2)23-20(27)21(28)26-11-9-25(10-12-26)19-18(13-22)17-8-6-5-7-16(17)15(3)24-19/h14H,4-12H2,1-3H3,(H,23,27)/t14-/m1/s1. The van der Waals surface area contributed by atoms with Crippen LogP contribution in [0.3, 0.4) is 0 Å². The van der Waals surface area contributed by atoms with Crippen LogP contribution in [0.4, 0.5) is 5.82 Å². The summed E-state index contributed by atoms with van der Waals surface area (Å²) in [4.78, 5) is 32.9. The van der Waals surface area contributed by atoms with Gasteiger partial charge in [-0.3, -0.25) is 9.59 Å². The van der Waals surface area contributed by atoms with Crippen molar-refractivity contribution in [2.75, 3.05) is 31.1 Å². The quantitative estimate of drug-likeness (QED) is 0.803. The van der Waals surface area contributed by atoms with E-state index in [1.807, 2.05) is 20.8 Å². The minimum atomic E-state index is -0.539. The normalized spacial score (nSPS) is 17.5. The highest BCUT2D eigenvalue weighted by atomic mass is 16.2. The van der Waals surface area contributed by atoms with Gasteiger partial charge >= 0.3 is 11.8 Å². The summed E-state index contributed by atoms with van der Waals surface area (Å²) in [7, 11) is 0. The van der Waals surface area contributed by atoms with Crippen LogP contribution in [0.25, 0.3) is 0 Å². The molecule has 2 aliphatic rings. The molecule has 0 spiro atoms. The van der Waals surface area contributed by atoms with Gasteiger partial charge in [0.2, 0.25) is 0 Å². The summed E-state index contributed by atoms with van der Waals surface area (Å²) >= 11 is 0. The zero-order valence-electron chi connectivity index (χ0n) is 17.0. The van der Waals surface area contributed by atoms with Crippen LogP contribution in [0.1, 0.15) is 55.5 Å². The van der Waals surface area contributed by atoms with E-state index in [1.54, 1.807) is 4.90 Å². The Labute approximate surface area is 166 Å². The fourth-order valence-corrected chi connectivity index (χ4v) is 4.00. The van der Waals surface area contributed by atoms with Crippen molar-refractivity contribution in [3.63, 3.8) is 0 Å². The van der Waals surface area contributed by atoms with E-state index in [2.05, 4.69) is 16.3 Å². The first-order valence-electron chi connectivity index (χ1n) is 10.2. The smallest absolute Gasteiger partial charge is 0.312 e. The molecule has 1 aromatic rings. The molecule has 0 radical (unpaired) electrons. The minimum Gasteiger partial charge on any atom is -0.352 e. The molecule has 0 unspecified atom stereocenters. The number of pyridine rings is 1. The Morgan fingerprint density at radius 1 is 1.18 bits per heavy atom. The average Bonchev–Trinajstić information content (AvgIpc) is 2.73. The van der Waals surface area contributed by atoms with Crippen LogP contribution in [0.15, 0.2) is 0 Å². The topological polar surface area (TPSA) is 89.3 Å². The molecule has 0 bridgehead atoms. The number of carbonyl (C=O) groups excluding carboxylic acids is 2. The predicted molar refractivity (Wildman–Crippen MR) is 107 cm³/mol. The molecule has 7 nitrogen and oxygen atoms in total. The monoisotopic (exact) mass is 383 g/mol. The lowest BCUT2D eigenvalue weighted by atomic mass is 9.88. The van der Waals surface area contributed by atoms with Crippen LogP contribution in [-0.4, -0.2) is 53.9 Å². The molecule has 28 heavy (non-hydrogen) atoms. The number of rotatable bonds is 3. The van der Waals surface area contributed by atoms with Crippen molar-refractivity contribution in [1.82, 2.24) is 15.2 Å². The number of anilines is 1. The van der Waals surface area contributed by atoms with Crippen LogP contribution in [0, 0.1) is 18.3 Å². The number of nitrogens with one attached hydrogen (secondary N) is 1. The van der Waals surface area contributed by atoms with Crippen LogP contribution < -0.4 is 10.2 Å². The van der Waals surface area contributed by atoms with E-state index in [1.165, 1.54) is 5.56 Å². The molecule has 1 aromatic heterocycles. The van der Waals surface area contributed by atoms with Gasteiger partial charge in [0.05, 0.1) is 5.56 Å². The molecule has 150 valence electrons. The summed E-state index contributed by atoms with van der Waals surface area (Å²) in [6.07, 6.45) is 4.98. The molecular weight excluding hydrogens is 354 g/mol. The number of fused-ring (bicyclic) bond motifs is 1. The van der Waals surface area contributed by atoms with Crippen molar-refractivity contribution in [2.45, 2.75) is 58.9 Å². The summed E-state index contributed by atoms with van der Waals surface area (Å²) in [5, 5.41) is 12.5. The van der Waals surface area contributed by atoms with Crippen LogP contribution in [-0.2, 0) is 22.4 Å². The highest BCUT2D eigenvalue weighted by molar-refractivity contribution is 6.35. The van der Waals surface area contributed by atoms with Crippen molar-refractivity contribution >= 4 is 17.6 Å². The molecule has 1 aliphatic carbocycles. The Hall–Kier alpha value is -2.62. The molecular formula is C21H29N5O2. The van der Waals surface area contributed by atoms with Crippen LogP contribution >= 0.6 is 0 Å². The van der Waals surface area contributed by atoms with E-state index < -0.39 is 11.8 Å². The maximum atomic E-state index is 12.4. The second kappa shape index (κ2) is 8.59. The molecule has 1 atom stereocenters. The highest BCUT2D eigenvalue weighted by Crippen LogP contribution is 2.32. The van der Waals surface area contributed by atoms with Gasteiger partial charge in [0, 0.05) is 37.9 Å². The molecule has 2 heterocycles. The Kier molecular flexibility index (Phi) is 6.18. The molecule has 1 saturated heterocycles. The van der Waals surface area contributed by atoms with E-state index in [-0.39, 0.29) is 6.04 Å². The van der Waals surface area contributed by atoms with E-state index in [0.717, 1.165) is 49.2 Å². The second-order valence-corrected chi connectivity index (χ2v) is 7.73. The predicted octanol–water partition coefficient (Wildman–Crippen LogP) is 1.70. The van der Waals surface area contributed by atoms with E-state index >= 15 is 0 Å². The molecule has 7 heteroatoms. The van der Waals surface area contributed by atoms with Gasteiger partial charge in [0.15, 0.2) is 0 Å². The van der Waals surface area contributed by atoms with Gasteiger partial charge in [0.25, 0.3) is 0 Å². The lowest BCUT2D eigenvalue weighted by Crippen LogP contribution is -2.53. The molecule has 1 fully saturated rings. The molecule has 1 aliphatic heterocycles. The number of nitriles is 1. The summed E-state index contributed by atoms with van der Waals surface area (Å²) in [6, 6.07) is 2.36. The molecule has 3 rings (SSSR count). The van der Waals surface area contributed by atoms with Gasteiger partial charge in [-0.05, 0) is 57.1 Å². The van der Waals surface area contributed by atoms with Gasteiger partial charge in [-0.1, -0.05) is 6.92 Å². The third-order valence-corrected chi connectivity index (χ3v) is 5.87. The molecule has 1 N–H and O–H groups in total. The van der Waals surface area contributed by atoms with Gasteiger partial charge in [-0.2, -0.15) is 5.26 Å². The maximum Gasteiger partial charge on any atom is 0.312 e. The zero-order valence-corrected chi connectivity index (χ0v) is 17.0. The number of hydrogen-bond donors (Lipinski definition) is 1. The fourth-order valence-electron chi connectivity index (χ4n) is 4.00. The summed E-state index contributed by atoms with van der Waals surface area (Å²) in [5.74, 6) is -0.282. The SMILES string of the molecule is CC[C@@H](C)NC(=O)C(=O)N1CCN(c2nc(C)c3c(c2C#N)CCCC3)CC1. The average molecular weight is 383 g/mol. The van der Waals surface area contributed by atoms with Gasteiger partial charge in [-0.25, -0.2) is 4.98 Å². The number of nitrogens with zero attached hydrogens (tertiary/aromatic N) is 4. The molecule has 0 aromatic carbocycles. The first-order chi connectivity index (χ1) is 13.5. The lowest BCUT2D eigenvalue weighted by molar-refractivity contribution is -0.146. The first kappa shape index (κ1) is 20.1. The van der Waals surface area contributed by atoms with Crippen molar-refractivity contribution in [2.24, 2.45) is 0 Å². The van der Waals surface area contributed by atoms with E-state index in [0.29, 0.717) is 31.7 Å². The largest absolute Gasteiger partial charge is 0.352 e. The third kappa shape index (κ3) is 3.96. The Balaban J connectivity index is 1.72. The summed E-state index contributed by atoms with van der Waals surface area (Å²) < 4.78 is 0. The molecule has 2 amide bonds. The number of aryl methyl sites for hydroxylation is 1. The van der Waals surface area contributed by atoms with Crippen LogP contribution in [0.2, 0.25) is 0 Å². The number of piperazine rings is 1.